The number of benzene rings is 2. The topological polar surface area (TPSA) is 17.1 Å². The summed E-state index contributed by atoms with van der Waals surface area (Å²) in [7, 11) is 0. The van der Waals surface area contributed by atoms with Crippen LogP contribution in [0.2, 0.25) is 20.1 Å². The van der Waals surface area contributed by atoms with Crippen molar-refractivity contribution in [2.45, 2.75) is 6.42 Å². The van der Waals surface area contributed by atoms with Gasteiger partial charge < -0.3 is 4.79 Å². The van der Waals surface area contributed by atoms with Crippen molar-refractivity contribution in [3.63, 3.8) is 0 Å². The fraction of sp³-hybridized carbons (Fsp3) is 0.0714. The van der Waals surface area contributed by atoms with Crippen molar-refractivity contribution in [2.75, 3.05) is 0 Å². The van der Waals surface area contributed by atoms with Crippen LogP contribution in [0.25, 0.3) is 11.1 Å². The Kier molecular flexibility index (Phi) is 4.75. The van der Waals surface area contributed by atoms with Gasteiger partial charge in [0.2, 0.25) is 0 Å². The minimum atomic E-state index is 0.281. The zero-order valence-electron chi connectivity index (χ0n) is 9.59. The van der Waals surface area contributed by atoms with Gasteiger partial charge in [0.25, 0.3) is 0 Å². The number of hydrogen-bond acceptors (Lipinski definition) is 1. The average Bonchev–Trinajstić information content (AvgIpc) is 2.36. The van der Waals surface area contributed by atoms with E-state index in [2.05, 4.69) is 0 Å². The molecular weight excluding hydrogens is 326 g/mol. The first kappa shape index (κ1) is 14.7. The monoisotopic (exact) mass is 332 g/mol. The van der Waals surface area contributed by atoms with Crippen molar-refractivity contribution in [1.29, 1.82) is 0 Å². The highest BCUT2D eigenvalue weighted by atomic mass is 35.5. The van der Waals surface area contributed by atoms with Crippen molar-refractivity contribution in [3.05, 3.63) is 56.0 Å². The van der Waals surface area contributed by atoms with E-state index in [0.717, 1.165) is 17.4 Å². The number of carbonyl (C=O) groups is 1. The molecule has 0 radical (unpaired) electrons. The number of hydrogen-bond donors (Lipinski definition) is 0. The molecule has 0 heterocycles. The Morgan fingerprint density at radius 2 is 1.68 bits per heavy atom. The Labute approximate surface area is 131 Å². The van der Waals surface area contributed by atoms with Crippen LogP contribution < -0.4 is 0 Å². The normalized spacial score (nSPS) is 10.5. The van der Waals surface area contributed by atoms with E-state index in [4.69, 9.17) is 46.4 Å². The minimum Gasteiger partial charge on any atom is -0.303 e. The Hall–Kier alpha value is -0.730. The third-order valence-electron chi connectivity index (χ3n) is 2.66. The molecule has 0 saturated heterocycles. The Morgan fingerprint density at radius 3 is 2.32 bits per heavy atom. The number of carbonyl (C=O) groups excluding carboxylic acids is 1. The molecule has 0 unspecified atom stereocenters. The van der Waals surface area contributed by atoms with Gasteiger partial charge in [-0.25, -0.2) is 0 Å². The lowest BCUT2D eigenvalue weighted by Gasteiger charge is -2.09. The van der Waals surface area contributed by atoms with E-state index in [1.165, 1.54) is 0 Å². The molecule has 0 aliphatic carbocycles. The summed E-state index contributed by atoms with van der Waals surface area (Å²) in [5.74, 6) is 0. The van der Waals surface area contributed by atoms with Crippen molar-refractivity contribution in [1.82, 2.24) is 0 Å². The lowest BCUT2D eigenvalue weighted by Crippen LogP contribution is -1.89. The first-order chi connectivity index (χ1) is 9.02. The van der Waals surface area contributed by atoms with E-state index in [1.807, 2.05) is 6.07 Å². The summed E-state index contributed by atoms with van der Waals surface area (Å²) in [6, 6.07) is 8.67. The van der Waals surface area contributed by atoms with E-state index in [-0.39, 0.29) is 6.42 Å². The lowest BCUT2D eigenvalue weighted by molar-refractivity contribution is -0.107. The maximum atomic E-state index is 10.5. The van der Waals surface area contributed by atoms with E-state index in [0.29, 0.717) is 25.7 Å². The van der Waals surface area contributed by atoms with E-state index in [1.54, 1.807) is 24.3 Å². The average molecular weight is 334 g/mol. The van der Waals surface area contributed by atoms with Crippen LogP contribution in [-0.2, 0) is 11.2 Å². The molecule has 0 amide bonds. The molecule has 0 N–H and O–H groups in total. The van der Waals surface area contributed by atoms with E-state index in [9.17, 15) is 4.79 Å². The molecule has 0 aliphatic heterocycles. The van der Waals surface area contributed by atoms with Gasteiger partial charge in [-0.1, -0.05) is 58.5 Å². The Bertz CT molecular complexity index is 638. The summed E-state index contributed by atoms with van der Waals surface area (Å²) < 4.78 is 0. The van der Waals surface area contributed by atoms with Crippen LogP contribution in [0.4, 0.5) is 0 Å². The molecule has 98 valence electrons. The molecule has 0 atom stereocenters. The fourth-order valence-electron chi connectivity index (χ4n) is 1.74. The van der Waals surface area contributed by atoms with Crippen LogP contribution in [0.15, 0.2) is 30.3 Å². The number of rotatable bonds is 3. The molecule has 0 spiro atoms. The van der Waals surface area contributed by atoms with Crippen molar-refractivity contribution in [3.8, 4) is 11.1 Å². The maximum Gasteiger partial charge on any atom is 0.124 e. The Morgan fingerprint density at radius 1 is 0.947 bits per heavy atom. The summed E-state index contributed by atoms with van der Waals surface area (Å²) in [6.07, 6.45) is 1.09. The van der Waals surface area contributed by atoms with Crippen LogP contribution >= 0.6 is 46.4 Å². The highest BCUT2D eigenvalue weighted by molar-refractivity contribution is 6.45. The summed E-state index contributed by atoms with van der Waals surface area (Å²) in [5.41, 5.74) is 2.28. The van der Waals surface area contributed by atoms with Gasteiger partial charge >= 0.3 is 0 Å². The largest absolute Gasteiger partial charge is 0.303 e. The molecule has 2 rings (SSSR count). The maximum absolute atomic E-state index is 10.5. The van der Waals surface area contributed by atoms with Crippen LogP contribution in [0.1, 0.15) is 5.56 Å². The second-order valence-electron chi connectivity index (χ2n) is 3.93. The lowest BCUT2D eigenvalue weighted by atomic mass is 10.0. The van der Waals surface area contributed by atoms with Gasteiger partial charge in [-0.3, -0.25) is 0 Å². The van der Waals surface area contributed by atoms with Gasteiger partial charge in [0.15, 0.2) is 0 Å². The summed E-state index contributed by atoms with van der Waals surface area (Å²) in [4.78, 5) is 10.5. The van der Waals surface area contributed by atoms with Crippen LogP contribution in [0.5, 0.6) is 0 Å². The zero-order valence-corrected chi connectivity index (χ0v) is 12.6. The Balaban J connectivity index is 2.54. The first-order valence-corrected chi connectivity index (χ1v) is 6.91. The zero-order chi connectivity index (χ0) is 14.0. The predicted octanol–water partition coefficient (Wildman–Crippen LogP) is 5.71. The summed E-state index contributed by atoms with van der Waals surface area (Å²) in [6.45, 7) is 0. The van der Waals surface area contributed by atoms with E-state index < -0.39 is 0 Å². The van der Waals surface area contributed by atoms with Gasteiger partial charge in [-0.15, -0.1) is 0 Å². The van der Waals surface area contributed by atoms with Crippen LogP contribution in [0.3, 0.4) is 0 Å². The standard InChI is InChI=1S/C14H8Cl4O/c15-10-6-11(14(18)13(17)7-10)9-2-1-8(3-4-19)12(16)5-9/h1-2,4-7H,3H2. The molecule has 0 saturated carbocycles. The van der Waals surface area contributed by atoms with Gasteiger partial charge in [-0.2, -0.15) is 0 Å². The van der Waals surface area contributed by atoms with Gasteiger partial charge in [-0.05, 0) is 29.3 Å². The fourth-order valence-corrected chi connectivity index (χ4v) is 2.71. The molecular formula is C14H8Cl4O. The van der Waals surface area contributed by atoms with E-state index >= 15 is 0 Å². The van der Waals surface area contributed by atoms with Crippen LogP contribution in [0, 0.1) is 0 Å². The van der Waals surface area contributed by atoms with Gasteiger partial charge in [0, 0.05) is 22.0 Å². The number of aldehydes is 1. The molecule has 0 bridgehead atoms. The molecule has 0 fully saturated rings. The molecule has 0 aromatic heterocycles. The van der Waals surface area contributed by atoms with Gasteiger partial charge in [0.1, 0.15) is 6.29 Å². The second-order valence-corrected chi connectivity index (χ2v) is 5.55. The van der Waals surface area contributed by atoms with Gasteiger partial charge in [0.05, 0.1) is 10.0 Å². The predicted molar refractivity (Wildman–Crippen MR) is 81.7 cm³/mol. The molecule has 0 aliphatic rings. The minimum absolute atomic E-state index is 0.281. The highest BCUT2D eigenvalue weighted by Crippen LogP contribution is 2.37. The second kappa shape index (κ2) is 6.15. The number of halogens is 4. The summed E-state index contributed by atoms with van der Waals surface area (Å²) in [5, 5.41) is 1.82. The molecule has 1 nitrogen and oxygen atoms in total. The first-order valence-electron chi connectivity index (χ1n) is 5.40. The molecule has 2 aromatic rings. The molecule has 19 heavy (non-hydrogen) atoms. The third kappa shape index (κ3) is 3.24. The molecule has 5 heteroatoms. The van der Waals surface area contributed by atoms with Crippen molar-refractivity contribution >= 4 is 52.7 Å². The third-order valence-corrected chi connectivity index (χ3v) is 4.03. The quantitative estimate of drug-likeness (QED) is 0.519. The highest BCUT2D eigenvalue weighted by Gasteiger charge is 2.11. The van der Waals surface area contributed by atoms with Crippen molar-refractivity contribution in [2.24, 2.45) is 0 Å². The molecule has 2 aromatic carbocycles. The smallest absolute Gasteiger partial charge is 0.124 e. The summed E-state index contributed by atoms with van der Waals surface area (Å²) >= 11 is 24.2. The van der Waals surface area contributed by atoms with Crippen LogP contribution in [-0.4, -0.2) is 6.29 Å². The SMILES string of the molecule is O=CCc1ccc(-c2cc(Cl)cc(Cl)c2Cl)cc1Cl. The van der Waals surface area contributed by atoms with Crippen molar-refractivity contribution < 1.29 is 4.79 Å².